The lowest BCUT2D eigenvalue weighted by Crippen LogP contribution is -2.64. The van der Waals surface area contributed by atoms with E-state index in [-0.39, 0.29) is 5.60 Å². The lowest BCUT2D eigenvalue weighted by atomic mass is 9.81. The highest BCUT2D eigenvalue weighted by atomic mass is 16.5. The summed E-state index contributed by atoms with van der Waals surface area (Å²) in [7, 11) is 0. The lowest BCUT2D eigenvalue weighted by molar-refractivity contribution is -0.146. The quantitative estimate of drug-likeness (QED) is 0.815. The summed E-state index contributed by atoms with van der Waals surface area (Å²) >= 11 is 0. The largest absolute Gasteiger partial charge is 0.376 e. The van der Waals surface area contributed by atoms with E-state index in [0.717, 1.165) is 44.8 Å². The molecule has 0 radical (unpaired) electrons. The first-order valence-corrected chi connectivity index (χ1v) is 8.56. The van der Waals surface area contributed by atoms with Gasteiger partial charge in [-0.2, -0.15) is 0 Å². The van der Waals surface area contributed by atoms with Gasteiger partial charge in [-0.1, -0.05) is 12.1 Å². The van der Waals surface area contributed by atoms with Crippen LogP contribution in [-0.4, -0.2) is 46.8 Å². The van der Waals surface area contributed by atoms with Gasteiger partial charge in [0.25, 0.3) is 0 Å². The third kappa shape index (κ3) is 3.34. The molecule has 5 nitrogen and oxygen atoms in total. The van der Waals surface area contributed by atoms with Crippen LogP contribution in [0.4, 0.5) is 0 Å². The van der Waals surface area contributed by atoms with Crippen LogP contribution in [0.3, 0.4) is 0 Å². The first kappa shape index (κ1) is 15.7. The van der Waals surface area contributed by atoms with E-state index in [2.05, 4.69) is 20.9 Å². The second-order valence-corrected chi connectivity index (χ2v) is 6.78. The number of nitrogens with zero attached hydrogens (tertiary/aromatic N) is 3. The summed E-state index contributed by atoms with van der Waals surface area (Å²) in [5.74, 6) is 0.485. The minimum atomic E-state index is -0.00283. The monoisotopic (exact) mass is 325 g/mol. The van der Waals surface area contributed by atoms with E-state index < -0.39 is 0 Å². The molecular formula is C19H23N3O2. The van der Waals surface area contributed by atoms with Gasteiger partial charge < -0.3 is 9.47 Å². The van der Waals surface area contributed by atoms with E-state index in [4.69, 9.17) is 9.47 Å². The number of hydrogen-bond acceptors (Lipinski definition) is 5. The van der Waals surface area contributed by atoms with Gasteiger partial charge in [-0.25, -0.2) is 0 Å². The Morgan fingerprint density at radius 1 is 1.12 bits per heavy atom. The van der Waals surface area contributed by atoms with E-state index in [1.807, 2.05) is 36.8 Å². The summed E-state index contributed by atoms with van der Waals surface area (Å²) in [5.41, 5.74) is 2.38. The van der Waals surface area contributed by atoms with Crippen molar-refractivity contribution in [1.82, 2.24) is 14.9 Å². The van der Waals surface area contributed by atoms with Crippen LogP contribution in [0.25, 0.3) is 0 Å². The number of likely N-dealkylation sites (tertiary alicyclic amines) is 1. The molecule has 24 heavy (non-hydrogen) atoms. The molecule has 0 saturated carbocycles. The van der Waals surface area contributed by atoms with E-state index in [1.165, 1.54) is 5.56 Å². The normalized spacial score (nSPS) is 22.6. The Kier molecular flexibility index (Phi) is 4.56. The summed E-state index contributed by atoms with van der Waals surface area (Å²) in [4.78, 5) is 10.7. The smallest absolute Gasteiger partial charge is 0.0985 e. The standard InChI is InChI=1S/C19H23N3O2/c1-3-16(9-20-6-1)11-22-14-19(15-22)18(5-8-24-19)13-23-12-17-4-2-7-21-10-17/h1-4,6-7,9-10,18H,5,8,11-15H2. The van der Waals surface area contributed by atoms with Gasteiger partial charge >= 0.3 is 0 Å². The lowest BCUT2D eigenvalue weighted by Gasteiger charge is -2.50. The fraction of sp³-hybridized carbons (Fsp3) is 0.474. The van der Waals surface area contributed by atoms with Crippen LogP contribution in [0.15, 0.2) is 49.1 Å². The number of pyridine rings is 2. The second kappa shape index (κ2) is 6.97. The van der Waals surface area contributed by atoms with Gasteiger partial charge in [-0.05, 0) is 29.7 Å². The van der Waals surface area contributed by atoms with Crippen LogP contribution < -0.4 is 0 Å². The molecule has 0 N–H and O–H groups in total. The van der Waals surface area contributed by atoms with Gasteiger partial charge in [0.15, 0.2) is 0 Å². The van der Waals surface area contributed by atoms with E-state index in [1.54, 1.807) is 6.20 Å². The molecule has 2 saturated heterocycles. The summed E-state index contributed by atoms with van der Waals surface area (Å²) in [5, 5.41) is 0. The molecule has 2 aliphatic heterocycles. The molecule has 1 spiro atoms. The van der Waals surface area contributed by atoms with Gasteiger partial charge in [0.1, 0.15) is 0 Å². The molecule has 126 valence electrons. The fourth-order valence-electron chi connectivity index (χ4n) is 3.74. The van der Waals surface area contributed by atoms with Crippen molar-refractivity contribution in [2.75, 3.05) is 26.3 Å². The number of ether oxygens (including phenoxy) is 2. The van der Waals surface area contributed by atoms with Crippen molar-refractivity contribution in [3.8, 4) is 0 Å². The molecule has 0 aromatic carbocycles. The van der Waals surface area contributed by atoms with Crippen LogP contribution in [0.5, 0.6) is 0 Å². The van der Waals surface area contributed by atoms with Gasteiger partial charge in [-0.3, -0.25) is 14.9 Å². The molecule has 4 rings (SSSR count). The van der Waals surface area contributed by atoms with Crippen LogP contribution in [0.2, 0.25) is 0 Å². The first-order chi connectivity index (χ1) is 11.8. The SMILES string of the molecule is c1cncc(COCC2CCOC23CN(Cc2cccnc2)C3)c1. The van der Waals surface area contributed by atoms with Crippen molar-refractivity contribution < 1.29 is 9.47 Å². The van der Waals surface area contributed by atoms with Crippen LogP contribution in [0.1, 0.15) is 17.5 Å². The maximum atomic E-state index is 6.11. The van der Waals surface area contributed by atoms with Crippen molar-refractivity contribution in [2.45, 2.75) is 25.2 Å². The molecule has 2 fully saturated rings. The summed E-state index contributed by atoms with van der Waals surface area (Å²) in [6, 6.07) is 8.11. The zero-order chi connectivity index (χ0) is 16.2. The Hall–Kier alpha value is -1.82. The molecular weight excluding hydrogens is 302 g/mol. The highest BCUT2D eigenvalue weighted by molar-refractivity contribution is 5.12. The minimum Gasteiger partial charge on any atom is -0.376 e. The highest BCUT2D eigenvalue weighted by Crippen LogP contribution is 2.40. The Balaban J connectivity index is 1.27. The van der Waals surface area contributed by atoms with Crippen LogP contribution in [0, 0.1) is 5.92 Å². The summed E-state index contributed by atoms with van der Waals surface area (Å²) in [6.07, 6.45) is 8.49. The molecule has 0 amide bonds. The number of hydrogen-bond donors (Lipinski definition) is 0. The van der Waals surface area contributed by atoms with Gasteiger partial charge in [0.05, 0.1) is 18.8 Å². The Morgan fingerprint density at radius 3 is 2.58 bits per heavy atom. The van der Waals surface area contributed by atoms with Gasteiger partial charge in [-0.15, -0.1) is 0 Å². The van der Waals surface area contributed by atoms with E-state index in [9.17, 15) is 0 Å². The summed E-state index contributed by atoms with van der Waals surface area (Å²) < 4.78 is 12.0. The van der Waals surface area contributed by atoms with Crippen molar-refractivity contribution in [3.63, 3.8) is 0 Å². The predicted octanol–water partition coefficient (Wildman–Crippen LogP) is 2.28. The zero-order valence-corrected chi connectivity index (χ0v) is 13.8. The molecule has 2 aromatic heterocycles. The van der Waals surface area contributed by atoms with Gasteiger partial charge in [0, 0.05) is 56.9 Å². The second-order valence-electron chi connectivity index (χ2n) is 6.78. The summed E-state index contributed by atoms with van der Waals surface area (Å²) in [6.45, 7) is 5.16. The van der Waals surface area contributed by atoms with Crippen molar-refractivity contribution >= 4 is 0 Å². The Bertz CT molecular complexity index is 644. The predicted molar refractivity (Wildman–Crippen MR) is 90.2 cm³/mol. The molecule has 2 aliphatic rings. The fourth-order valence-corrected chi connectivity index (χ4v) is 3.74. The molecule has 0 aliphatic carbocycles. The maximum Gasteiger partial charge on any atom is 0.0985 e. The first-order valence-electron chi connectivity index (χ1n) is 8.56. The molecule has 2 aromatic rings. The number of aromatic nitrogens is 2. The average Bonchev–Trinajstić information content (AvgIpc) is 3.00. The third-order valence-electron chi connectivity index (χ3n) is 5.02. The van der Waals surface area contributed by atoms with Gasteiger partial charge in [0.2, 0.25) is 0 Å². The maximum absolute atomic E-state index is 6.11. The third-order valence-corrected chi connectivity index (χ3v) is 5.02. The number of rotatable bonds is 6. The van der Waals surface area contributed by atoms with Crippen molar-refractivity contribution in [1.29, 1.82) is 0 Å². The minimum absolute atomic E-state index is 0.00283. The van der Waals surface area contributed by atoms with Crippen LogP contribution in [-0.2, 0) is 22.6 Å². The van der Waals surface area contributed by atoms with Crippen LogP contribution >= 0.6 is 0 Å². The average molecular weight is 325 g/mol. The molecule has 0 bridgehead atoms. The zero-order valence-electron chi connectivity index (χ0n) is 13.8. The molecule has 1 atom stereocenters. The topological polar surface area (TPSA) is 47.5 Å². The highest BCUT2D eigenvalue weighted by Gasteiger charge is 2.52. The Labute approximate surface area is 142 Å². The Morgan fingerprint density at radius 2 is 1.88 bits per heavy atom. The van der Waals surface area contributed by atoms with Crippen molar-refractivity contribution in [3.05, 3.63) is 60.2 Å². The van der Waals surface area contributed by atoms with E-state index >= 15 is 0 Å². The van der Waals surface area contributed by atoms with Crippen molar-refractivity contribution in [2.24, 2.45) is 5.92 Å². The molecule has 4 heterocycles. The molecule has 1 unspecified atom stereocenters. The van der Waals surface area contributed by atoms with E-state index in [0.29, 0.717) is 12.5 Å². The molecule has 5 heteroatoms.